The third-order valence-corrected chi connectivity index (χ3v) is 9.52. The lowest BCUT2D eigenvalue weighted by atomic mass is 9.92. The molecule has 11 heteroatoms. The standard InChI is InChI=1S/C27H26BrN5O3S2/c1-16-13-18(15-29)14-17(2)24(16)36-26-25-23(11-12-37-25)31-27(32-26)30-20-5-7-21(8-6-20)33-38(34,35)22-9-3-19(28)4-10-22/h3-4,9-14,20-21,33H,5-8H2,1-2H3,(H,30,31,32). The van der Waals surface area contributed by atoms with Crippen LogP contribution in [0.25, 0.3) is 10.2 Å². The Kier molecular flexibility index (Phi) is 7.68. The fourth-order valence-corrected chi connectivity index (χ4v) is 7.01. The number of ether oxygens (including phenoxy) is 1. The molecule has 1 aliphatic carbocycles. The maximum atomic E-state index is 12.8. The van der Waals surface area contributed by atoms with Crippen molar-refractivity contribution >= 4 is 53.5 Å². The van der Waals surface area contributed by atoms with Crippen molar-refractivity contribution in [2.45, 2.75) is 56.5 Å². The number of anilines is 1. The molecule has 1 aliphatic rings. The van der Waals surface area contributed by atoms with Crippen LogP contribution in [0.3, 0.4) is 0 Å². The van der Waals surface area contributed by atoms with Gasteiger partial charge in [-0.25, -0.2) is 18.1 Å². The lowest BCUT2D eigenvalue weighted by Crippen LogP contribution is -2.40. The number of nitrogens with one attached hydrogen (secondary N) is 2. The molecule has 0 spiro atoms. The fourth-order valence-electron chi connectivity index (χ4n) is 4.68. The van der Waals surface area contributed by atoms with E-state index in [0.717, 1.165) is 38.7 Å². The van der Waals surface area contributed by atoms with Crippen molar-refractivity contribution in [2.24, 2.45) is 0 Å². The van der Waals surface area contributed by atoms with Gasteiger partial charge in [-0.3, -0.25) is 0 Å². The smallest absolute Gasteiger partial charge is 0.242 e. The first-order valence-electron chi connectivity index (χ1n) is 12.2. The summed E-state index contributed by atoms with van der Waals surface area (Å²) in [5.41, 5.74) is 3.11. The zero-order valence-corrected chi connectivity index (χ0v) is 24.1. The molecule has 196 valence electrons. The van der Waals surface area contributed by atoms with Gasteiger partial charge in [0, 0.05) is 16.6 Å². The molecule has 0 radical (unpaired) electrons. The highest BCUT2D eigenvalue weighted by atomic mass is 79.9. The Morgan fingerprint density at radius 1 is 1.03 bits per heavy atom. The minimum absolute atomic E-state index is 0.116. The summed E-state index contributed by atoms with van der Waals surface area (Å²) in [5, 5.41) is 14.6. The zero-order valence-electron chi connectivity index (χ0n) is 20.9. The molecule has 0 unspecified atom stereocenters. The van der Waals surface area contributed by atoms with E-state index in [9.17, 15) is 13.7 Å². The lowest BCUT2D eigenvalue weighted by molar-refractivity contribution is 0.386. The number of nitrogens with zero attached hydrogens (tertiary/aromatic N) is 3. The summed E-state index contributed by atoms with van der Waals surface area (Å²) in [6.45, 7) is 3.83. The molecule has 2 N–H and O–H groups in total. The second-order valence-electron chi connectivity index (χ2n) is 9.41. The van der Waals surface area contributed by atoms with Gasteiger partial charge in [-0.05, 0) is 98.5 Å². The minimum atomic E-state index is -3.57. The molecular weight excluding hydrogens is 586 g/mol. The Labute approximate surface area is 234 Å². The van der Waals surface area contributed by atoms with Crippen LogP contribution in [0.1, 0.15) is 42.4 Å². The van der Waals surface area contributed by atoms with E-state index in [0.29, 0.717) is 36.0 Å². The van der Waals surface area contributed by atoms with Crippen LogP contribution in [0, 0.1) is 25.2 Å². The maximum absolute atomic E-state index is 12.8. The monoisotopic (exact) mass is 611 g/mol. The summed E-state index contributed by atoms with van der Waals surface area (Å²) in [6.07, 6.45) is 2.98. The Morgan fingerprint density at radius 2 is 1.68 bits per heavy atom. The van der Waals surface area contributed by atoms with Gasteiger partial charge in [-0.1, -0.05) is 15.9 Å². The second-order valence-corrected chi connectivity index (χ2v) is 13.0. The highest BCUT2D eigenvalue weighted by Crippen LogP contribution is 2.36. The normalized spacial score (nSPS) is 17.7. The van der Waals surface area contributed by atoms with Crippen LogP contribution in [0.5, 0.6) is 11.6 Å². The van der Waals surface area contributed by atoms with Crippen LogP contribution in [0.4, 0.5) is 5.95 Å². The Hall–Kier alpha value is -3.04. The summed E-state index contributed by atoms with van der Waals surface area (Å²) in [7, 11) is -3.57. The number of halogens is 1. The van der Waals surface area contributed by atoms with Crippen molar-refractivity contribution in [1.29, 1.82) is 5.26 Å². The number of benzene rings is 2. The van der Waals surface area contributed by atoms with E-state index in [-0.39, 0.29) is 17.0 Å². The van der Waals surface area contributed by atoms with Crippen LogP contribution >= 0.6 is 27.3 Å². The van der Waals surface area contributed by atoms with Gasteiger partial charge in [0.2, 0.25) is 21.9 Å². The van der Waals surface area contributed by atoms with Crippen molar-refractivity contribution in [3.8, 4) is 17.7 Å². The van der Waals surface area contributed by atoms with Gasteiger partial charge < -0.3 is 10.1 Å². The van der Waals surface area contributed by atoms with E-state index >= 15 is 0 Å². The van der Waals surface area contributed by atoms with Crippen molar-refractivity contribution in [2.75, 3.05) is 5.32 Å². The number of thiophene rings is 1. The summed E-state index contributed by atoms with van der Waals surface area (Å²) >= 11 is 4.85. The molecule has 0 saturated heterocycles. The number of aromatic nitrogens is 2. The van der Waals surface area contributed by atoms with Gasteiger partial charge >= 0.3 is 0 Å². The topological polar surface area (TPSA) is 117 Å². The van der Waals surface area contributed by atoms with Crippen molar-refractivity contribution in [3.05, 3.63) is 69.0 Å². The molecule has 0 aliphatic heterocycles. The van der Waals surface area contributed by atoms with Gasteiger partial charge in [-0.15, -0.1) is 11.3 Å². The molecule has 38 heavy (non-hydrogen) atoms. The molecule has 0 bridgehead atoms. The average molecular weight is 613 g/mol. The van der Waals surface area contributed by atoms with Gasteiger partial charge in [0.05, 0.1) is 22.0 Å². The first kappa shape index (κ1) is 26.6. The van der Waals surface area contributed by atoms with Crippen LogP contribution < -0.4 is 14.8 Å². The highest BCUT2D eigenvalue weighted by molar-refractivity contribution is 9.10. The number of nitriles is 1. The van der Waals surface area contributed by atoms with E-state index in [1.54, 1.807) is 36.4 Å². The predicted octanol–water partition coefficient (Wildman–Crippen LogP) is 6.44. The Balaban J connectivity index is 1.27. The zero-order chi connectivity index (χ0) is 26.9. The van der Waals surface area contributed by atoms with E-state index in [1.807, 2.05) is 25.3 Å². The molecule has 2 aromatic carbocycles. The van der Waals surface area contributed by atoms with Crippen LogP contribution in [0.2, 0.25) is 0 Å². The predicted molar refractivity (Wildman–Crippen MR) is 152 cm³/mol. The Bertz CT molecular complexity index is 1600. The summed E-state index contributed by atoms with van der Waals surface area (Å²) in [5.74, 6) is 1.63. The van der Waals surface area contributed by atoms with Gasteiger partial charge in [0.15, 0.2) is 0 Å². The highest BCUT2D eigenvalue weighted by Gasteiger charge is 2.26. The molecular formula is C27H26BrN5O3S2. The SMILES string of the molecule is Cc1cc(C#N)cc(C)c1Oc1nc(NC2CCC(NS(=O)(=O)c3ccc(Br)cc3)CC2)nc2ccsc12. The van der Waals surface area contributed by atoms with E-state index in [1.165, 1.54) is 11.3 Å². The number of fused-ring (bicyclic) bond motifs is 1. The number of rotatable bonds is 7. The average Bonchev–Trinajstić information content (AvgIpc) is 3.36. The van der Waals surface area contributed by atoms with Crippen LogP contribution in [-0.4, -0.2) is 30.5 Å². The molecule has 4 aromatic rings. The lowest BCUT2D eigenvalue weighted by Gasteiger charge is -2.29. The van der Waals surface area contributed by atoms with Gasteiger partial charge in [0.1, 0.15) is 10.4 Å². The molecule has 2 heterocycles. The van der Waals surface area contributed by atoms with E-state index in [2.05, 4.69) is 37.0 Å². The summed E-state index contributed by atoms with van der Waals surface area (Å²) in [6, 6.07) is 14.4. The largest absolute Gasteiger partial charge is 0.437 e. The summed E-state index contributed by atoms with van der Waals surface area (Å²) < 4.78 is 36.4. The second kappa shape index (κ2) is 11.0. The number of hydrogen-bond donors (Lipinski definition) is 2. The number of aryl methyl sites for hydroxylation is 2. The van der Waals surface area contributed by atoms with E-state index in [4.69, 9.17) is 9.72 Å². The third kappa shape index (κ3) is 5.83. The van der Waals surface area contributed by atoms with Crippen molar-refractivity contribution < 1.29 is 13.2 Å². The minimum Gasteiger partial charge on any atom is -0.437 e. The van der Waals surface area contributed by atoms with Crippen LogP contribution in [0.15, 0.2) is 57.2 Å². The molecule has 5 rings (SSSR count). The van der Waals surface area contributed by atoms with Crippen LogP contribution in [-0.2, 0) is 10.0 Å². The summed E-state index contributed by atoms with van der Waals surface area (Å²) in [4.78, 5) is 9.64. The molecule has 0 amide bonds. The molecule has 1 fully saturated rings. The number of hydrogen-bond acceptors (Lipinski definition) is 8. The van der Waals surface area contributed by atoms with Crippen molar-refractivity contribution in [1.82, 2.24) is 14.7 Å². The molecule has 1 saturated carbocycles. The fraction of sp³-hybridized carbons (Fsp3) is 0.296. The van der Waals surface area contributed by atoms with Crippen molar-refractivity contribution in [3.63, 3.8) is 0 Å². The van der Waals surface area contributed by atoms with Gasteiger partial charge in [-0.2, -0.15) is 10.2 Å². The quantitative estimate of drug-likeness (QED) is 0.247. The molecule has 0 atom stereocenters. The molecule has 8 nitrogen and oxygen atoms in total. The Morgan fingerprint density at radius 3 is 2.34 bits per heavy atom. The third-order valence-electron chi connectivity index (χ3n) is 6.57. The van der Waals surface area contributed by atoms with E-state index < -0.39 is 10.0 Å². The number of sulfonamides is 1. The maximum Gasteiger partial charge on any atom is 0.242 e. The molecule has 2 aromatic heterocycles. The first-order valence-corrected chi connectivity index (χ1v) is 15.4. The van der Waals surface area contributed by atoms with Gasteiger partial charge in [0.25, 0.3) is 0 Å². The first-order chi connectivity index (χ1) is 18.2.